The molecule has 0 aliphatic carbocycles. The van der Waals surface area contributed by atoms with Crippen LogP contribution in [0.1, 0.15) is 19.3 Å². The predicted molar refractivity (Wildman–Crippen MR) is 51.2 cm³/mol. The predicted octanol–water partition coefficient (Wildman–Crippen LogP) is 3.44. The molecule has 0 rings (SSSR count). The Morgan fingerprint density at radius 2 is 1.45 bits per heavy atom. The van der Waals surface area contributed by atoms with E-state index in [1.165, 1.54) is 0 Å². The van der Waals surface area contributed by atoms with Crippen molar-refractivity contribution in [3.8, 4) is 0 Å². The molecule has 11 heavy (non-hydrogen) atoms. The van der Waals surface area contributed by atoms with Gasteiger partial charge in [-0.25, -0.2) is 0 Å². The van der Waals surface area contributed by atoms with Gasteiger partial charge in [-0.2, -0.15) is 0 Å². The molecule has 0 N–H and O–H groups in total. The highest BCUT2D eigenvalue weighted by atomic mass is 13.8. The van der Waals surface area contributed by atoms with Crippen LogP contribution >= 0.6 is 0 Å². The highest BCUT2D eigenvalue weighted by Crippen LogP contribution is 1.91. The van der Waals surface area contributed by atoms with E-state index in [4.69, 9.17) is 6.58 Å². The summed E-state index contributed by atoms with van der Waals surface area (Å²) in [5.41, 5.74) is 0. The molecule has 59 valence electrons. The maximum Gasteiger partial charge on any atom is -0.0166 e. The SMILES string of the molecule is [CH]=CCC=CCC=CCC=C. The van der Waals surface area contributed by atoms with Gasteiger partial charge in [-0.05, 0) is 19.3 Å². The van der Waals surface area contributed by atoms with Gasteiger partial charge in [-0.15, -0.1) is 6.58 Å². The molecular weight excluding hydrogens is 132 g/mol. The van der Waals surface area contributed by atoms with Crippen LogP contribution in [0, 0.1) is 6.58 Å². The standard InChI is InChI=1S/C11H15/c1-3-5-7-9-11-10-8-6-4-2/h1,3-4,7-10H,2,5-6,11H2. The molecule has 0 aliphatic heterocycles. The molecule has 0 heterocycles. The van der Waals surface area contributed by atoms with Crippen LogP contribution in [0.5, 0.6) is 0 Å². The average molecular weight is 147 g/mol. The van der Waals surface area contributed by atoms with Gasteiger partial charge in [0.1, 0.15) is 0 Å². The van der Waals surface area contributed by atoms with Gasteiger partial charge < -0.3 is 0 Å². The fourth-order valence-electron chi connectivity index (χ4n) is 0.638. The zero-order valence-electron chi connectivity index (χ0n) is 6.87. The lowest BCUT2D eigenvalue weighted by molar-refractivity contribution is 1.28. The van der Waals surface area contributed by atoms with E-state index in [-0.39, 0.29) is 0 Å². The Kier molecular flexibility index (Phi) is 8.11. The number of hydrogen-bond donors (Lipinski definition) is 0. The third-order valence-corrected chi connectivity index (χ3v) is 1.18. The first-order valence-electron chi connectivity index (χ1n) is 3.86. The van der Waals surface area contributed by atoms with E-state index in [9.17, 15) is 0 Å². The molecule has 0 bridgehead atoms. The first-order chi connectivity index (χ1) is 5.41. The fraction of sp³-hybridized carbons (Fsp3) is 0.273. The number of rotatable bonds is 6. The monoisotopic (exact) mass is 147 g/mol. The molecule has 1 radical (unpaired) electrons. The van der Waals surface area contributed by atoms with Crippen molar-refractivity contribution < 1.29 is 0 Å². The summed E-state index contributed by atoms with van der Waals surface area (Å²) in [5.74, 6) is 0. The minimum atomic E-state index is 0.856. The largest absolute Gasteiger partial charge is 0.103 e. The molecule has 0 saturated carbocycles. The van der Waals surface area contributed by atoms with E-state index in [0.717, 1.165) is 19.3 Å². The van der Waals surface area contributed by atoms with Crippen LogP contribution in [0.25, 0.3) is 0 Å². The summed E-state index contributed by atoms with van der Waals surface area (Å²) >= 11 is 0. The lowest BCUT2D eigenvalue weighted by atomic mass is 10.3. The van der Waals surface area contributed by atoms with Crippen LogP contribution in [0.4, 0.5) is 0 Å². The van der Waals surface area contributed by atoms with Crippen molar-refractivity contribution in [1.29, 1.82) is 0 Å². The van der Waals surface area contributed by atoms with Gasteiger partial charge in [-0.1, -0.05) is 43.0 Å². The Morgan fingerprint density at radius 1 is 0.909 bits per heavy atom. The van der Waals surface area contributed by atoms with Crippen molar-refractivity contribution >= 4 is 0 Å². The molecule has 0 spiro atoms. The Morgan fingerprint density at radius 3 is 2.00 bits per heavy atom. The number of allylic oxidation sites excluding steroid dienone is 6. The third-order valence-electron chi connectivity index (χ3n) is 1.18. The highest BCUT2D eigenvalue weighted by molar-refractivity contribution is 4.96. The van der Waals surface area contributed by atoms with Gasteiger partial charge in [0.05, 0.1) is 0 Å². The smallest absolute Gasteiger partial charge is 0.0166 e. The van der Waals surface area contributed by atoms with Gasteiger partial charge >= 0.3 is 0 Å². The second kappa shape index (κ2) is 8.96. The first kappa shape index (κ1) is 9.96. The van der Waals surface area contributed by atoms with Crippen molar-refractivity contribution in [3.05, 3.63) is 49.6 Å². The third kappa shape index (κ3) is 8.96. The summed E-state index contributed by atoms with van der Waals surface area (Å²) in [7, 11) is 0. The minimum absolute atomic E-state index is 0.856. The summed E-state index contributed by atoms with van der Waals surface area (Å²) in [6, 6.07) is 0. The molecule has 0 heteroatoms. The van der Waals surface area contributed by atoms with Crippen LogP contribution < -0.4 is 0 Å². The molecule has 0 atom stereocenters. The van der Waals surface area contributed by atoms with Crippen molar-refractivity contribution in [3.63, 3.8) is 0 Å². The molecule has 0 saturated heterocycles. The summed E-state index contributed by atoms with van der Waals surface area (Å²) in [6.45, 7) is 8.80. The van der Waals surface area contributed by atoms with Crippen molar-refractivity contribution in [2.45, 2.75) is 19.3 Å². The molecule has 0 fully saturated rings. The van der Waals surface area contributed by atoms with E-state index in [1.807, 2.05) is 6.08 Å². The summed E-state index contributed by atoms with van der Waals surface area (Å²) in [5, 5.41) is 0. The normalized spacial score (nSPS) is 10.9. The molecular formula is C11H15. The maximum absolute atomic E-state index is 5.18. The van der Waals surface area contributed by atoms with E-state index < -0.39 is 0 Å². The Hall–Kier alpha value is -1.04. The van der Waals surface area contributed by atoms with Crippen LogP contribution in [-0.2, 0) is 0 Å². The lowest BCUT2D eigenvalue weighted by Crippen LogP contribution is -1.60. The van der Waals surface area contributed by atoms with Crippen LogP contribution in [0.2, 0.25) is 0 Å². The Balaban J connectivity index is 3.24. The summed E-state index contributed by atoms with van der Waals surface area (Å²) in [4.78, 5) is 0. The average Bonchev–Trinajstić information content (AvgIpc) is 2.03. The molecule has 0 unspecified atom stereocenters. The van der Waals surface area contributed by atoms with Gasteiger partial charge in [0.15, 0.2) is 0 Å². The lowest BCUT2D eigenvalue weighted by Gasteiger charge is -1.81. The summed E-state index contributed by atoms with van der Waals surface area (Å²) < 4.78 is 0. The topological polar surface area (TPSA) is 0 Å². The van der Waals surface area contributed by atoms with Crippen molar-refractivity contribution in [1.82, 2.24) is 0 Å². The maximum atomic E-state index is 5.18. The van der Waals surface area contributed by atoms with Gasteiger partial charge in [0.2, 0.25) is 0 Å². The minimum Gasteiger partial charge on any atom is -0.103 e. The molecule has 0 aromatic rings. The Labute approximate surface area is 69.6 Å². The summed E-state index contributed by atoms with van der Waals surface area (Å²) in [6.07, 6.45) is 14.7. The molecule has 0 aliphatic rings. The second-order valence-corrected chi connectivity index (χ2v) is 2.17. The first-order valence-corrected chi connectivity index (χ1v) is 3.86. The van der Waals surface area contributed by atoms with E-state index in [0.29, 0.717) is 0 Å². The van der Waals surface area contributed by atoms with Crippen LogP contribution in [-0.4, -0.2) is 0 Å². The quantitative estimate of drug-likeness (QED) is 0.505. The van der Waals surface area contributed by atoms with Crippen molar-refractivity contribution in [2.75, 3.05) is 0 Å². The van der Waals surface area contributed by atoms with E-state index >= 15 is 0 Å². The zero-order chi connectivity index (χ0) is 8.36. The highest BCUT2D eigenvalue weighted by Gasteiger charge is 1.70. The molecule has 0 aromatic heterocycles. The Bertz CT molecular complexity index is 131. The number of hydrogen-bond acceptors (Lipinski definition) is 0. The van der Waals surface area contributed by atoms with Gasteiger partial charge in [0.25, 0.3) is 0 Å². The van der Waals surface area contributed by atoms with Crippen LogP contribution in [0.15, 0.2) is 43.0 Å². The zero-order valence-corrected chi connectivity index (χ0v) is 6.87. The fourth-order valence-corrected chi connectivity index (χ4v) is 0.638. The molecule has 0 nitrogen and oxygen atoms in total. The van der Waals surface area contributed by atoms with Gasteiger partial charge in [0, 0.05) is 0 Å². The molecule has 0 amide bonds. The van der Waals surface area contributed by atoms with E-state index in [2.05, 4.69) is 30.9 Å². The molecule has 0 aromatic carbocycles. The van der Waals surface area contributed by atoms with Gasteiger partial charge in [-0.3, -0.25) is 0 Å². The van der Waals surface area contributed by atoms with Crippen molar-refractivity contribution in [2.24, 2.45) is 0 Å². The second-order valence-electron chi connectivity index (χ2n) is 2.17. The van der Waals surface area contributed by atoms with E-state index in [1.54, 1.807) is 6.08 Å². The van der Waals surface area contributed by atoms with Crippen LogP contribution in [0.3, 0.4) is 0 Å².